The third-order valence-electron chi connectivity index (χ3n) is 9.60. The zero-order valence-electron chi connectivity index (χ0n) is 26.5. The number of hydrogen-bond acceptors (Lipinski definition) is 0. The Hall–Kier alpha value is -2.43. The Kier molecular flexibility index (Phi) is 10.7. The molecule has 2 unspecified atom stereocenters. The van der Waals surface area contributed by atoms with Crippen LogP contribution in [-0.2, 0) is 18.3 Å². The number of hydrogen-bond donors (Lipinski definition) is 0. The van der Waals surface area contributed by atoms with E-state index in [9.17, 15) is 0 Å². The summed E-state index contributed by atoms with van der Waals surface area (Å²) in [6.45, 7) is 9.88. The molecule has 0 nitrogen and oxygen atoms in total. The van der Waals surface area contributed by atoms with Gasteiger partial charge >= 0.3 is 267 Å². The summed E-state index contributed by atoms with van der Waals surface area (Å²) in [5, 5.41) is 5.29. The van der Waals surface area contributed by atoms with Gasteiger partial charge in [0.1, 0.15) is 0 Å². The Morgan fingerprint density at radius 2 is 0.911 bits per heavy atom. The van der Waals surface area contributed by atoms with Crippen LogP contribution in [0.1, 0.15) is 38.8 Å². The smallest absolute Gasteiger partial charge is 1.00 e. The van der Waals surface area contributed by atoms with Crippen LogP contribution >= 0.6 is 0 Å². The maximum Gasteiger partial charge on any atom is -1.00 e. The van der Waals surface area contributed by atoms with Crippen LogP contribution in [-0.4, -0.2) is 10.1 Å². The van der Waals surface area contributed by atoms with Crippen molar-refractivity contribution in [2.24, 2.45) is 11.8 Å². The van der Waals surface area contributed by atoms with Gasteiger partial charge in [-0.25, -0.2) is 0 Å². The van der Waals surface area contributed by atoms with E-state index in [1.54, 1.807) is 15.5 Å². The van der Waals surface area contributed by atoms with E-state index in [0.29, 0.717) is 11.8 Å². The molecule has 45 heavy (non-hydrogen) atoms. The van der Waals surface area contributed by atoms with E-state index in [1.807, 2.05) is 6.66 Å². The maximum absolute atomic E-state index is 2.71. The second-order valence-electron chi connectivity index (χ2n) is 12.3. The van der Waals surface area contributed by atoms with E-state index in [1.165, 1.54) is 43.8 Å². The van der Waals surface area contributed by atoms with Gasteiger partial charge in [0.15, 0.2) is 0 Å². The Morgan fingerprint density at radius 3 is 1.36 bits per heavy atom. The van der Waals surface area contributed by atoms with Crippen molar-refractivity contribution in [3.8, 4) is 0 Å². The molecule has 4 heteroatoms. The molecule has 0 N–H and O–H groups in total. The average Bonchev–Trinajstić information content (AvgIpc) is 3.50. The van der Waals surface area contributed by atoms with Crippen molar-refractivity contribution in [2.45, 2.75) is 33.5 Å². The van der Waals surface area contributed by atoms with E-state index in [0.717, 1.165) is 0 Å². The van der Waals surface area contributed by atoms with Crippen molar-refractivity contribution in [1.82, 2.24) is 0 Å². The molecular weight excluding hydrogens is 814 g/mol. The summed E-state index contributed by atoms with van der Waals surface area (Å²) >= 11 is -2.55. The van der Waals surface area contributed by atoms with Gasteiger partial charge in [-0.1, -0.05) is 0 Å². The molecule has 2 atom stereocenters. The summed E-state index contributed by atoms with van der Waals surface area (Å²) in [5.74, 6) is 3.72. The second kappa shape index (κ2) is 14.1. The van der Waals surface area contributed by atoms with E-state index >= 15 is 0 Å². The summed E-state index contributed by atoms with van der Waals surface area (Å²) in [6, 6.07) is 43.3. The predicted molar refractivity (Wildman–Crippen MR) is 185 cm³/mol. The molecule has 0 saturated heterocycles. The number of fused-ring (bicyclic) bond motifs is 2. The van der Waals surface area contributed by atoms with Crippen molar-refractivity contribution in [1.29, 1.82) is 0 Å². The van der Waals surface area contributed by atoms with E-state index in [2.05, 4.69) is 161 Å². The van der Waals surface area contributed by atoms with Crippen LogP contribution in [0, 0.1) is 11.8 Å². The average molecular weight is 853 g/mol. The van der Waals surface area contributed by atoms with Crippen LogP contribution in [0.5, 0.6) is 0 Å². The Labute approximate surface area is 289 Å². The molecule has 0 aliphatic heterocycles. The largest absolute Gasteiger partial charge is 1.00 e. The fourth-order valence-electron chi connectivity index (χ4n) is 7.44. The Balaban J connectivity index is 0.00000200. The van der Waals surface area contributed by atoms with Gasteiger partial charge in [-0.3, -0.25) is 0 Å². The summed E-state index contributed by atoms with van der Waals surface area (Å²) in [7, 11) is -1.59. The number of allylic oxidation sites excluding steroid dienone is 8. The van der Waals surface area contributed by atoms with Crippen molar-refractivity contribution in [2.75, 3.05) is 0 Å². The molecule has 0 saturated carbocycles. The molecule has 0 aromatic heterocycles. The first-order valence-corrected chi connectivity index (χ1v) is 32.6. The number of halogens is 2. The van der Waals surface area contributed by atoms with Gasteiger partial charge in [0.25, 0.3) is 0 Å². The first kappa shape index (κ1) is 33.9. The van der Waals surface area contributed by atoms with Crippen molar-refractivity contribution < 1.29 is 43.2 Å². The van der Waals surface area contributed by atoms with Gasteiger partial charge in [-0.05, 0) is 0 Å². The van der Waals surface area contributed by atoms with Gasteiger partial charge in [0, 0.05) is 0 Å². The van der Waals surface area contributed by atoms with Gasteiger partial charge in [-0.2, -0.15) is 0 Å². The fraction of sp³-hybridized carbons (Fsp3) is 0.171. The van der Waals surface area contributed by atoms with Crippen LogP contribution < -0.4 is 29.2 Å². The molecule has 7 rings (SSSR count). The summed E-state index contributed by atoms with van der Waals surface area (Å²) in [6.07, 6.45) is 5.20. The second-order valence-corrected chi connectivity index (χ2v) is 45.3. The fourth-order valence-corrected chi connectivity index (χ4v) is 57.6. The summed E-state index contributed by atoms with van der Waals surface area (Å²) in [4.78, 5) is 0. The van der Waals surface area contributed by atoms with Crippen molar-refractivity contribution >= 4 is 47.1 Å². The minimum Gasteiger partial charge on any atom is -1.00 e. The quantitative estimate of drug-likeness (QED) is 0.230. The standard InChI is InChI=1S/2C17H15.C7H8Ge.2ClH.Hf/c2*1-12-9-13(2)17(10-12)16-8-7-14-5-3-4-6-15(14)11-16;1-8-7-5-3-2-4-6-7;;;/h2*3-8,10-12H,1-2H3;2-6H,1H3;2*1H;/q;;;;;+2/p-2. The molecule has 224 valence electrons. The minimum atomic E-state index is -2.55. The zero-order valence-corrected chi connectivity index (χ0v) is 33.7. The molecule has 0 radical (unpaired) electrons. The molecule has 5 aromatic rings. The molecule has 2 aliphatic rings. The SMILES string of the molecule is CC1=[C]([Hf+2]([C]2=C(C)C(c3ccc4ccccc4c3)=CC2C)=[Ge]([CH3])[c]2ccccc2)C(C)C=C1c1ccc2ccccc2c1.[Cl-].[Cl-]. The summed E-state index contributed by atoms with van der Waals surface area (Å²) < 4.78 is 5.40. The van der Waals surface area contributed by atoms with E-state index in [-0.39, 0.29) is 24.8 Å². The Bertz CT molecular complexity index is 1960. The van der Waals surface area contributed by atoms with Crippen LogP contribution in [0.4, 0.5) is 0 Å². The van der Waals surface area contributed by atoms with E-state index < -0.39 is 28.4 Å². The van der Waals surface area contributed by atoms with Crippen LogP contribution in [0.3, 0.4) is 0 Å². The third-order valence-corrected chi connectivity index (χ3v) is 52.2. The number of rotatable bonds is 5. The molecule has 0 fully saturated rings. The van der Waals surface area contributed by atoms with Gasteiger partial charge in [0.2, 0.25) is 0 Å². The maximum atomic E-state index is 2.71. The Morgan fingerprint density at radius 1 is 0.511 bits per heavy atom. The predicted octanol–water partition coefficient (Wildman–Crippen LogP) is 4.46. The van der Waals surface area contributed by atoms with Crippen molar-refractivity contribution in [3.05, 3.63) is 156 Å². The topological polar surface area (TPSA) is 0 Å². The van der Waals surface area contributed by atoms with Crippen LogP contribution in [0.25, 0.3) is 32.7 Å². The molecule has 2 aliphatic carbocycles. The van der Waals surface area contributed by atoms with Gasteiger partial charge in [-0.15, -0.1) is 0 Å². The third kappa shape index (κ3) is 6.31. The van der Waals surface area contributed by atoms with Crippen molar-refractivity contribution in [3.63, 3.8) is 0 Å². The molecule has 0 spiro atoms. The molecular formula is C41H38Cl2GeHf. The van der Waals surface area contributed by atoms with Crippen LogP contribution in [0.2, 0.25) is 5.76 Å². The minimum absolute atomic E-state index is 0. The molecule has 0 amide bonds. The summed E-state index contributed by atoms with van der Waals surface area (Å²) in [5.41, 5.74) is 8.86. The first-order valence-electron chi connectivity index (χ1n) is 15.5. The zero-order chi connectivity index (χ0) is 29.7. The number of benzene rings is 5. The van der Waals surface area contributed by atoms with Gasteiger partial charge < -0.3 is 24.8 Å². The van der Waals surface area contributed by atoms with Gasteiger partial charge in [0.05, 0.1) is 0 Å². The molecule has 0 bridgehead atoms. The van der Waals surface area contributed by atoms with E-state index in [4.69, 9.17) is 0 Å². The van der Waals surface area contributed by atoms with Crippen LogP contribution in [0.15, 0.2) is 145 Å². The first-order chi connectivity index (χ1) is 20.9. The molecule has 0 heterocycles. The molecule has 5 aromatic carbocycles. The normalized spacial score (nSPS) is 17.4. The monoisotopic (exact) mass is 854 g/mol.